The largest absolute Gasteiger partial charge is 0.349 e. The molecule has 2 bridgehead atoms. The maximum Gasteiger partial charge on any atom is 0.234 e. The van der Waals surface area contributed by atoms with Crippen molar-refractivity contribution in [2.24, 2.45) is 17.3 Å². The number of carbonyl (C=O) groups excluding carboxylic acids is 1. The monoisotopic (exact) mass is 281 g/mol. The lowest BCUT2D eigenvalue weighted by molar-refractivity contribution is -0.124. The second-order valence-corrected chi connectivity index (χ2v) is 7.66. The van der Waals surface area contributed by atoms with Crippen molar-refractivity contribution in [1.82, 2.24) is 15.5 Å². The topological polar surface area (TPSA) is 44.4 Å². The molecular formula is C16H31N3O. The summed E-state index contributed by atoms with van der Waals surface area (Å²) in [5, 5.41) is 6.58. The second kappa shape index (κ2) is 5.64. The van der Waals surface area contributed by atoms with Crippen LogP contribution in [0.4, 0.5) is 0 Å². The molecule has 0 saturated heterocycles. The lowest BCUT2D eigenvalue weighted by Crippen LogP contribution is -2.60. The summed E-state index contributed by atoms with van der Waals surface area (Å²) in [7, 11) is 4.08. The molecular weight excluding hydrogens is 250 g/mol. The van der Waals surface area contributed by atoms with E-state index in [0.29, 0.717) is 12.5 Å². The van der Waals surface area contributed by atoms with Crippen molar-refractivity contribution in [1.29, 1.82) is 0 Å². The third kappa shape index (κ3) is 2.73. The molecule has 4 nitrogen and oxygen atoms in total. The normalized spacial score (nSPS) is 34.7. The minimum atomic E-state index is -0.0315. The van der Waals surface area contributed by atoms with Crippen molar-refractivity contribution in [2.45, 2.75) is 45.6 Å². The number of likely N-dealkylation sites (N-methyl/N-ethyl adjacent to an activating group) is 1. The first kappa shape index (κ1) is 15.8. The van der Waals surface area contributed by atoms with E-state index in [2.05, 4.69) is 36.3 Å². The van der Waals surface area contributed by atoms with Crippen molar-refractivity contribution in [3.63, 3.8) is 0 Å². The fourth-order valence-corrected chi connectivity index (χ4v) is 4.21. The molecule has 2 aliphatic carbocycles. The Hall–Kier alpha value is -0.610. The molecule has 0 heterocycles. The van der Waals surface area contributed by atoms with E-state index < -0.39 is 0 Å². The molecule has 2 N–H and O–H groups in total. The van der Waals surface area contributed by atoms with Gasteiger partial charge in [-0.1, -0.05) is 13.8 Å². The molecule has 0 aromatic carbocycles. The van der Waals surface area contributed by atoms with Gasteiger partial charge in [-0.05, 0) is 57.5 Å². The molecule has 2 rings (SSSR count). The van der Waals surface area contributed by atoms with Crippen LogP contribution in [0.3, 0.4) is 0 Å². The molecule has 0 radical (unpaired) electrons. The van der Waals surface area contributed by atoms with Gasteiger partial charge in [0, 0.05) is 18.6 Å². The summed E-state index contributed by atoms with van der Waals surface area (Å²) < 4.78 is 0. The highest BCUT2D eigenvalue weighted by Gasteiger charge is 2.60. The zero-order valence-corrected chi connectivity index (χ0v) is 13.8. The van der Waals surface area contributed by atoms with E-state index >= 15 is 0 Å². The Morgan fingerprint density at radius 3 is 2.40 bits per heavy atom. The summed E-state index contributed by atoms with van der Waals surface area (Å²) in [6.45, 7) is 9.16. The SMILES string of the molecule is CN(C)CCNCC(=O)N[C@]1(C)[C@@H]2CC[C@@H](C2)C1(C)C. The number of rotatable bonds is 6. The van der Waals surface area contributed by atoms with Gasteiger partial charge in [0.05, 0.1) is 6.54 Å². The maximum atomic E-state index is 12.2. The van der Waals surface area contributed by atoms with Crippen molar-refractivity contribution in [2.75, 3.05) is 33.7 Å². The molecule has 4 heteroatoms. The first-order valence-corrected chi connectivity index (χ1v) is 7.94. The predicted octanol–water partition coefficient (Wildman–Crippen LogP) is 1.47. The summed E-state index contributed by atoms with van der Waals surface area (Å²) in [5.41, 5.74) is 0.186. The summed E-state index contributed by atoms with van der Waals surface area (Å²) in [5.74, 6) is 1.58. The van der Waals surface area contributed by atoms with Crippen LogP contribution in [0.5, 0.6) is 0 Å². The van der Waals surface area contributed by atoms with Gasteiger partial charge in [0.1, 0.15) is 0 Å². The zero-order valence-electron chi connectivity index (χ0n) is 13.8. The first-order valence-electron chi connectivity index (χ1n) is 7.94. The van der Waals surface area contributed by atoms with Gasteiger partial charge in [-0.15, -0.1) is 0 Å². The molecule has 0 aromatic rings. The number of carbonyl (C=O) groups is 1. The fraction of sp³-hybridized carbons (Fsp3) is 0.938. The molecule has 3 atom stereocenters. The van der Waals surface area contributed by atoms with Crippen LogP contribution in [0.15, 0.2) is 0 Å². The minimum absolute atomic E-state index is 0.0315. The second-order valence-electron chi connectivity index (χ2n) is 7.66. The van der Waals surface area contributed by atoms with Crippen LogP contribution in [0, 0.1) is 17.3 Å². The minimum Gasteiger partial charge on any atom is -0.349 e. The van der Waals surface area contributed by atoms with Gasteiger partial charge < -0.3 is 15.5 Å². The molecule has 2 fully saturated rings. The van der Waals surface area contributed by atoms with Crippen LogP contribution in [0.2, 0.25) is 0 Å². The molecule has 0 spiro atoms. The molecule has 0 unspecified atom stereocenters. The third-order valence-electron chi connectivity index (χ3n) is 6.03. The Labute approximate surface area is 123 Å². The van der Waals surface area contributed by atoms with Crippen LogP contribution in [-0.2, 0) is 4.79 Å². The smallest absolute Gasteiger partial charge is 0.234 e. The van der Waals surface area contributed by atoms with Crippen molar-refractivity contribution < 1.29 is 4.79 Å². The lowest BCUT2D eigenvalue weighted by atomic mass is 9.64. The highest BCUT2D eigenvalue weighted by atomic mass is 16.2. The summed E-state index contributed by atoms with van der Waals surface area (Å²) >= 11 is 0. The van der Waals surface area contributed by atoms with E-state index in [0.717, 1.165) is 19.0 Å². The van der Waals surface area contributed by atoms with Gasteiger partial charge in [-0.2, -0.15) is 0 Å². The van der Waals surface area contributed by atoms with E-state index in [-0.39, 0.29) is 16.9 Å². The number of fused-ring (bicyclic) bond motifs is 2. The van der Waals surface area contributed by atoms with Gasteiger partial charge in [-0.3, -0.25) is 4.79 Å². The molecule has 20 heavy (non-hydrogen) atoms. The van der Waals surface area contributed by atoms with Gasteiger partial charge in [0.25, 0.3) is 0 Å². The molecule has 2 saturated carbocycles. The number of amides is 1. The maximum absolute atomic E-state index is 12.2. The fourth-order valence-electron chi connectivity index (χ4n) is 4.21. The number of nitrogens with one attached hydrogen (secondary N) is 2. The van der Waals surface area contributed by atoms with Crippen molar-refractivity contribution >= 4 is 5.91 Å². The molecule has 116 valence electrons. The number of nitrogens with zero attached hydrogens (tertiary/aromatic N) is 1. The van der Waals surface area contributed by atoms with Gasteiger partial charge in [0.15, 0.2) is 0 Å². The van der Waals surface area contributed by atoms with Crippen LogP contribution in [0.1, 0.15) is 40.0 Å². The van der Waals surface area contributed by atoms with Gasteiger partial charge in [0.2, 0.25) is 5.91 Å². The van der Waals surface area contributed by atoms with Crippen LogP contribution in [0.25, 0.3) is 0 Å². The molecule has 2 aliphatic rings. The summed E-state index contributed by atoms with van der Waals surface area (Å²) in [6.07, 6.45) is 3.90. The molecule has 0 aromatic heterocycles. The van der Waals surface area contributed by atoms with E-state index in [1.165, 1.54) is 19.3 Å². The standard InChI is InChI=1S/C16H31N3O/c1-15(2)12-6-7-13(10-12)16(15,3)18-14(20)11-17-8-9-19(4)5/h12-13,17H,6-11H2,1-5H3,(H,18,20)/t12-,13+,16+/m0/s1. The predicted molar refractivity (Wildman–Crippen MR) is 82.6 cm³/mol. The lowest BCUT2D eigenvalue weighted by Gasteiger charge is -2.48. The average Bonchev–Trinajstić information content (AvgIpc) is 2.89. The zero-order chi connectivity index (χ0) is 15.0. The van der Waals surface area contributed by atoms with E-state index in [1.54, 1.807) is 0 Å². The molecule has 1 amide bonds. The Bertz CT molecular complexity index is 367. The van der Waals surface area contributed by atoms with Crippen molar-refractivity contribution in [3.8, 4) is 0 Å². The molecule has 0 aliphatic heterocycles. The summed E-state index contributed by atoms with van der Waals surface area (Å²) in [6, 6.07) is 0. The quantitative estimate of drug-likeness (QED) is 0.725. The van der Waals surface area contributed by atoms with E-state index in [1.807, 2.05) is 14.1 Å². The van der Waals surface area contributed by atoms with Crippen LogP contribution < -0.4 is 10.6 Å². The number of hydrogen-bond donors (Lipinski definition) is 2. The van der Waals surface area contributed by atoms with Crippen molar-refractivity contribution in [3.05, 3.63) is 0 Å². The Morgan fingerprint density at radius 1 is 1.20 bits per heavy atom. The van der Waals surface area contributed by atoms with E-state index in [4.69, 9.17) is 0 Å². The first-order chi connectivity index (χ1) is 9.27. The van der Waals surface area contributed by atoms with E-state index in [9.17, 15) is 4.79 Å². The summed E-state index contributed by atoms with van der Waals surface area (Å²) in [4.78, 5) is 14.3. The van der Waals surface area contributed by atoms with Crippen LogP contribution in [-0.4, -0.2) is 50.1 Å². The Kier molecular flexibility index (Phi) is 4.45. The highest BCUT2D eigenvalue weighted by molar-refractivity contribution is 5.79. The average molecular weight is 281 g/mol. The Morgan fingerprint density at radius 2 is 1.85 bits per heavy atom. The number of hydrogen-bond acceptors (Lipinski definition) is 3. The van der Waals surface area contributed by atoms with Gasteiger partial charge in [-0.25, -0.2) is 0 Å². The van der Waals surface area contributed by atoms with Crippen LogP contribution >= 0.6 is 0 Å². The Balaban J connectivity index is 1.84. The third-order valence-corrected chi connectivity index (χ3v) is 6.03. The highest BCUT2D eigenvalue weighted by Crippen LogP contribution is 2.61. The van der Waals surface area contributed by atoms with Gasteiger partial charge >= 0.3 is 0 Å².